The Morgan fingerprint density at radius 1 is 1.28 bits per heavy atom. The van der Waals surface area contributed by atoms with Crippen molar-refractivity contribution in [2.24, 2.45) is 0 Å². The first-order valence-corrected chi connectivity index (χ1v) is 10.3. The quantitative estimate of drug-likeness (QED) is 0.716. The van der Waals surface area contributed by atoms with Gasteiger partial charge in [0.15, 0.2) is 0 Å². The summed E-state index contributed by atoms with van der Waals surface area (Å²) in [4.78, 5) is 16.6. The molecule has 0 aliphatic carbocycles. The number of aromatic nitrogens is 1. The van der Waals surface area contributed by atoms with Gasteiger partial charge in [0.25, 0.3) is 5.91 Å². The summed E-state index contributed by atoms with van der Waals surface area (Å²) in [7, 11) is -2.04. The summed E-state index contributed by atoms with van der Waals surface area (Å²) in [5.74, 6) is 0.904. The van der Waals surface area contributed by atoms with Gasteiger partial charge in [0.2, 0.25) is 10.0 Å². The molecule has 1 aromatic heterocycles. The first-order valence-electron chi connectivity index (χ1n) is 7.38. The third-order valence-corrected chi connectivity index (χ3v) is 4.44. The van der Waals surface area contributed by atoms with Gasteiger partial charge in [0.05, 0.1) is 24.1 Å². The van der Waals surface area contributed by atoms with Gasteiger partial charge < -0.3 is 10.1 Å². The first-order chi connectivity index (χ1) is 11.8. The number of sulfonamides is 1. The van der Waals surface area contributed by atoms with Gasteiger partial charge in [-0.15, -0.1) is 11.8 Å². The number of carbonyl (C=O) groups is 1. The van der Waals surface area contributed by atoms with Gasteiger partial charge in [-0.05, 0) is 36.1 Å². The molecule has 1 amide bonds. The van der Waals surface area contributed by atoms with Crippen LogP contribution in [0.2, 0.25) is 0 Å². The summed E-state index contributed by atoms with van der Waals surface area (Å²) < 4.78 is 30.4. The average molecular weight is 381 g/mol. The molecule has 2 aromatic rings. The summed E-state index contributed by atoms with van der Waals surface area (Å²) in [5, 5.41) is 3.51. The number of benzene rings is 1. The number of hydrogen-bond acceptors (Lipinski definition) is 6. The first kappa shape index (κ1) is 19.1. The van der Waals surface area contributed by atoms with Crippen LogP contribution in [0.25, 0.3) is 0 Å². The summed E-state index contributed by atoms with van der Waals surface area (Å²) in [6.07, 6.45) is 2.62. The maximum absolute atomic E-state index is 12.4. The third kappa shape index (κ3) is 5.64. The van der Waals surface area contributed by atoms with E-state index in [0.29, 0.717) is 17.0 Å². The van der Waals surface area contributed by atoms with Crippen molar-refractivity contribution in [1.82, 2.24) is 4.98 Å². The van der Waals surface area contributed by atoms with Crippen LogP contribution in [0.5, 0.6) is 5.75 Å². The van der Waals surface area contributed by atoms with E-state index in [2.05, 4.69) is 15.0 Å². The van der Waals surface area contributed by atoms with Gasteiger partial charge >= 0.3 is 0 Å². The van der Waals surface area contributed by atoms with Crippen molar-refractivity contribution in [2.75, 3.05) is 29.2 Å². The summed E-state index contributed by atoms with van der Waals surface area (Å²) in [6, 6.07) is 8.04. The van der Waals surface area contributed by atoms with E-state index in [-0.39, 0.29) is 11.6 Å². The highest BCUT2D eigenvalue weighted by Crippen LogP contribution is 2.29. The topological polar surface area (TPSA) is 97.4 Å². The number of amides is 1. The van der Waals surface area contributed by atoms with E-state index < -0.39 is 10.0 Å². The Morgan fingerprint density at radius 2 is 2.04 bits per heavy atom. The van der Waals surface area contributed by atoms with Crippen LogP contribution in [-0.4, -0.2) is 38.4 Å². The van der Waals surface area contributed by atoms with Crippen molar-refractivity contribution in [3.8, 4) is 5.75 Å². The zero-order valence-corrected chi connectivity index (χ0v) is 15.7. The van der Waals surface area contributed by atoms with Crippen molar-refractivity contribution >= 4 is 39.1 Å². The molecule has 0 radical (unpaired) electrons. The molecule has 0 saturated heterocycles. The minimum atomic E-state index is -3.47. The highest BCUT2D eigenvalue weighted by molar-refractivity contribution is 7.99. The highest BCUT2D eigenvalue weighted by atomic mass is 32.2. The zero-order chi connectivity index (χ0) is 18.4. The summed E-state index contributed by atoms with van der Waals surface area (Å²) in [5.41, 5.74) is 1.16. The minimum absolute atomic E-state index is 0.250. The Bertz CT molecular complexity index is 869. The molecule has 2 rings (SSSR count). The average Bonchev–Trinajstić information content (AvgIpc) is 2.54. The van der Waals surface area contributed by atoms with Crippen LogP contribution in [0.3, 0.4) is 0 Å². The van der Waals surface area contributed by atoms with E-state index in [1.54, 1.807) is 42.2 Å². The molecule has 2 N–H and O–H groups in total. The molecular weight excluding hydrogens is 362 g/mol. The molecule has 0 atom stereocenters. The normalized spacial score (nSPS) is 11.0. The molecule has 0 saturated carbocycles. The Kier molecular flexibility index (Phi) is 6.27. The van der Waals surface area contributed by atoms with Crippen molar-refractivity contribution in [2.45, 2.75) is 11.9 Å². The van der Waals surface area contributed by atoms with Crippen molar-refractivity contribution in [1.29, 1.82) is 0 Å². The van der Waals surface area contributed by atoms with E-state index in [0.717, 1.165) is 17.0 Å². The molecule has 0 aliphatic rings. The molecule has 0 fully saturated rings. The molecular formula is C16H19N3O4S2. The second-order valence-electron chi connectivity index (χ2n) is 5.06. The second kappa shape index (κ2) is 8.21. The van der Waals surface area contributed by atoms with Gasteiger partial charge in [-0.3, -0.25) is 9.52 Å². The fourth-order valence-electron chi connectivity index (χ4n) is 2.05. The Balaban J connectivity index is 2.23. The number of thioether (sulfide) groups is 1. The lowest BCUT2D eigenvalue weighted by atomic mass is 10.2. The van der Waals surface area contributed by atoms with Crippen LogP contribution in [0.15, 0.2) is 41.6 Å². The molecule has 0 unspecified atom stereocenters. The van der Waals surface area contributed by atoms with Gasteiger partial charge in [-0.25, -0.2) is 13.4 Å². The monoisotopic (exact) mass is 381 g/mol. The Hall–Kier alpha value is -2.26. The van der Waals surface area contributed by atoms with E-state index in [1.165, 1.54) is 13.2 Å². The number of ether oxygens (including phenoxy) is 1. The van der Waals surface area contributed by atoms with E-state index >= 15 is 0 Å². The Morgan fingerprint density at radius 3 is 2.68 bits per heavy atom. The molecule has 25 heavy (non-hydrogen) atoms. The number of pyridine rings is 1. The van der Waals surface area contributed by atoms with Crippen molar-refractivity contribution in [3.05, 3.63) is 42.1 Å². The molecule has 0 aliphatic heterocycles. The maximum atomic E-state index is 12.4. The van der Waals surface area contributed by atoms with Gasteiger partial charge in [-0.2, -0.15) is 0 Å². The number of nitrogens with zero attached hydrogens (tertiary/aromatic N) is 1. The number of hydrogen-bond donors (Lipinski definition) is 2. The lowest BCUT2D eigenvalue weighted by molar-refractivity contribution is 0.102. The zero-order valence-electron chi connectivity index (χ0n) is 14.1. The summed E-state index contributed by atoms with van der Waals surface area (Å²) >= 11 is 1.54. The second-order valence-corrected chi connectivity index (χ2v) is 8.09. The maximum Gasteiger partial charge on any atom is 0.255 e. The molecule has 1 aromatic carbocycles. The predicted molar refractivity (Wildman–Crippen MR) is 100 cm³/mol. The SMILES string of the molecule is CCSc1cc(C(=O)Nc2ccc(OC)c(NS(C)(=O)=O)c2)ccn1. The molecule has 0 spiro atoms. The van der Waals surface area contributed by atoms with Crippen LogP contribution in [-0.2, 0) is 10.0 Å². The van der Waals surface area contributed by atoms with Crippen LogP contribution >= 0.6 is 11.8 Å². The third-order valence-electron chi connectivity index (χ3n) is 3.04. The van der Waals surface area contributed by atoms with Crippen LogP contribution in [0.1, 0.15) is 17.3 Å². The van der Waals surface area contributed by atoms with Crippen molar-refractivity contribution < 1.29 is 17.9 Å². The van der Waals surface area contributed by atoms with Gasteiger partial charge in [-0.1, -0.05) is 6.92 Å². The number of carbonyl (C=O) groups excluding carboxylic acids is 1. The van der Waals surface area contributed by atoms with E-state index in [1.807, 2.05) is 6.92 Å². The van der Waals surface area contributed by atoms with Gasteiger partial charge in [0.1, 0.15) is 5.75 Å². The lowest BCUT2D eigenvalue weighted by Crippen LogP contribution is -2.14. The van der Waals surface area contributed by atoms with Crippen LogP contribution in [0.4, 0.5) is 11.4 Å². The van der Waals surface area contributed by atoms with E-state index in [4.69, 9.17) is 4.74 Å². The number of nitrogens with one attached hydrogen (secondary N) is 2. The number of methoxy groups -OCH3 is 1. The largest absolute Gasteiger partial charge is 0.495 e. The molecule has 9 heteroatoms. The molecule has 1 heterocycles. The summed E-state index contributed by atoms with van der Waals surface area (Å²) in [6.45, 7) is 2.01. The highest BCUT2D eigenvalue weighted by Gasteiger charge is 2.12. The minimum Gasteiger partial charge on any atom is -0.495 e. The van der Waals surface area contributed by atoms with Gasteiger partial charge in [0, 0.05) is 17.4 Å². The number of rotatable bonds is 7. The smallest absolute Gasteiger partial charge is 0.255 e. The molecule has 134 valence electrons. The van der Waals surface area contributed by atoms with Crippen LogP contribution < -0.4 is 14.8 Å². The Labute approximate surface area is 151 Å². The lowest BCUT2D eigenvalue weighted by Gasteiger charge is -2.12. The molecule has 7 nitrogen and oxygen atoms in total. The fourth-order valence-corrected chi connectivity index (χ4v) is 3.25. The molecule has 0 bridgehead atoms. The standard InChI is InChI=1S/C16H19N3O4S2/c1-4-24-15-9-11(7-8-17-15)16(20)18-12-5-6-14(23-2)13(10-12)19-25(3,21)22/h5-10,19H,4H2,1-3H3,(H,18,20). The number of anilines is 2. The van der Waals surface area contributed by atoms with Crippen LogP contribution in [0, 0.1) is 0 Å². The fraction of sp³-hybridized carbons (Fsp3) is 0.250. The van der Waals surface area contributed by atoms with Crippen molar-refractivity contribution in [3.63, 3.8) is 0 Å². The predicted octanol–water partition coefficient (Wildman–Crippen LogP) is 2.83. The van der Waals surface area contributed by atoms with E-state index in [9.17, 15) is 13.2 Å².